The largest absolute Gasteiger partial charge is 0.460 e. The monoisotopic (exact) mass is 265 g/mol. The summed E-state index contributed by atoms with van der Waals surface area (Å²) in [5, 5.41) is 2.69. The lowest BCUT2D eigenvalue weighted by atomic mass is 9.70. The third-order valence-corrected chi connectivity index (χ3v) is 6.25. The molecule has 1 heterocycles. The van der Waals surface area contributed by atoms with E-state index in [-0.39, 0.29) is 28.8 Å². The molecule has 0 aromatic rings. The highest BCUT2D eigenvalue weighted by atomic mass is 16.5. The Morgan fingerprint density at radius 1 is 1.32 bits per heavy atom. The van der Waals surface area contributed by atoms with E-state index >= 15 is 0 Å². The van der Waals surface area contributed by atoms with Gasteiger partial charge in [0, 0.05) is 11.8 Å². The number of amides is 1. The van der Waals surface area contributed by atoms with Crippen molar-refractivity contribution in [3.63, 3.8) is 0 Å². The van der Waals surface area contributed by atoms with E-state index in [1.807, 2.05) is 0 Å². The number of rotatable bonds is 2. The molecule has 2 bridgehead atoms. The minimum Gasteiger partial charge on any atom is -0.460 e. The smallest absolute Gasteiger partial charge is 0.328 e. The molecule has 4 atom stereocenters. The van der Waals surface area contributed by atoms with Crippen LogP contribution >= 0.6 is 0 Å². The molecule has 1 aliphatic heterocycles. The highest BCUT2D eigenvalue weighted by Crippen LogP contribution is 2.66. The van der Waals surface area contributed by atoms with Crippen LogP contribution in [-0.2, 0) is 14.3 Å². The van der Waals surface area contributed by atoms with E-state index in [4.69, 9.17) is 4.74 Å². The summed E-state index contributed by atoms with van der Waals surface area (Å²) in [6.45, 7) is 6.86. The van der Waals surface area contributed by atoms with Crippen molar-refractivity contribution in [1.82, 2.24) is 5.32 Å². The normalized spacial score (nSPS) is 43.3. The van der Waals surface area contributed by atoms with Crippen LogP contribution in [0.5, 0.6) is 0 Å². The van der Waals surface area contributed by atoms with Gasteiger partial charge in [-0.05, 0) is 37.0 Å². The van der Waals surface area contributed by atoms with Gasteiger partial charge in [-0.2, -0.15) is 0 Å². The number of hydrogen-bond acceptors (Lipinski definition) is 3. The van der Waals surface area contributed by atoms with E-state index in [0.717, 1.165) is 12.8 Å². The topological polar surface area (TPSA) is 55.4 Å². The molecular formula is C15H23NO3. The minimum absolute atomic E-state index is 0.0197. The molecule has 0 radical (unpaired) electrons. The molecule has 0 aromatic carbocycles. The highest BCUT2D eigenvalue weighted by Gasteiger charge is 2.63. The van der Waals surface area contributed by atoms with Crippen molar-refractivity contribution in [2.45, 2.75) is 65.0 Å². The SMILES string of the molecule is CC1(C)C2CCC1(C)C(OC(=O)[C@H]1CCC(=O)N1)C2. The Bertz CT molecular complexity index is 431. The Labute approximate surface area is 114 Å². The molecule has 3 aliphatic rings. The Morgan fingerprint density at radius 3 is 2.53 bits per heavy atom. The van der Waals surface area contributed by atoms with Crippen LogP contribution in [0.1, 0.15) is 52.9 Å². The van der Waals surface area contributed by atoms with Gasteiger partial charge in [0.1, 0.15) is 12.1 Å². The van der Waals surface area contributed by atoms with Crippen molar-refractivity contribution in [3.05, 3.63) is 0 Å². The van der Waals surface area contributed by atoms with Crippen LogP contribution < -0.4 is 5.32 Å². The molecule has 4 heteroatoms. The van der Waals surface area contributed by atoms with Crippen molar-refractivity contribution in [1.29, 1.82) is 0 Å². The summed E-state index contributed by atoms with van der Waals surface area (Å²) >= 11 is 0. The van der Waals surface area contributed by atoms with Gasteiger partial charge in [0.25, 0.3) is 0 Å². The highest BCUT2D eigenvalue weighted by molar-refractivity contribution is 5.88. The number of fused-ring (bicyclic) bond motifs is 2. The van der Waals surface area contributed by atoms with Gasteiger partial charge in [0.2, 0.25) is 5.91 Å². The van der Waals surface area contributed by atoms with Crippen LogP contribution in [0.4, 0.5) is 0 Å². The van der Waals surface area contributed by atoms with E-state index in [2.05, 4.69) is 26.1 Å². The van der Waals surface area contributed by atoms with Gasteiger partial charge in [-0.15, -0.1) is 0 Å². The predicted octanol–water partition coefficient (Wildman–Crippen LogP) is 2.02. The molecule has 0 aromatic heterocycles. The number of nitrogens with one attached hydrogen (secondary N) is 1. The zero-order valence-corrected chi connectivity index (χ0v) is 12.0. The summed E-state index contributed by atoms with van der Waals surface area (Å²) in [4.78, 5) is 23.3. The van der Waals surface area contributed by atoms with Gasteiger partial charge in [-0.3, -0.25) is 4.79 Å². The third-order valence-electron chi connectivity index (χ3n) is 6.25. The third kappa shape index (κ3) is 1.72. The first-order valence-corrected chi connectivity index (χ1v) is 7.34. The summed E-state index contributed by atoms with van der Waals surface area (Å²) in [6, 6.07) is -0.418. The van der Waals surface area contributed by atoms with Crippen LogP contribution in [0.3, 0.4) is 0 Å². The van der Waals surface area contributed by atoms with Gasteiger partial charge in [0.05, 0.1) is 0 Å². The summed E-state index contributed by atoms with van der Waals surface area (Å²) in [5.41, 5.74) is 0.340. The van der Waals surface area contributed by atoms with Crippen molar-refractivity contribution >= 4 is 11.9 Å². The van der Waals surface area contributed by atoms with E-state index in [1.54, 1.807) is 0 Å². The number of hydrogen-bond donors (Lipinski definition) is 1. The molecule has 19 heavy (non-hydrogen) atoms. The summed E-state index contributed by atoms with van der Waals surface area (Å²) in [6.07, 6.45) is 4.41. The maximum atomic E-state index is 12.1. The molecular weight excluding hydrogens is 242 g/mol. The molecule has 1 N–H and O–H groups in total. The van der Waals surface area contributed by atoms with Crippen LogP contribution in [0.15, 0.2) is 0 Å². The van der Waals surface area contributed by atoms with E-state index in [0.29, 0.717) is 18.8 Å². The first-order valence-electron chi connectivity index (χ1n) is 7.34. The molecule has 2 saturated carbocycles. The fraction of sp³-hybridized carbons (Fsp3) is 0.867. The Kier molecular flexibility index (Phi) is 2.70. The lowest BCUT2D eigenvalue weighted by Gasteiger charge is -2.38. The van der Waals surface area contributed by atoms with Crippen molar-refractivity contribution in [2.24, 2.45) is 16.7 Å². The second kappa shape index (κ2) is 3.97. The molecule has 3 rings (SSSR count). The van der Waals surface area contributed by atoms with Crippen molar-refractivity contribution < 1.29 is 14.3 Å². The average Bonchev–Trinajstić information content (AvgIpc) is 2.91. The van der Waals surface area contributed by atoms with E-state index < -0.39 is 6.04 Å². The van der Waals surface area contributed by atoms with Gasteiger partial charge >= 0.3 is 5.97 Å². The first kappa shape index (κ1) is 12.9. The second-order valence-corrected chi connectivity index (χ2v) is 7.19. The predicted molar refractivity (Wildman–Crippen MR) is 70.3 cm³/mol. The fourth-order valence-electron chi connectivity index (χ4n) is 4.32. The Balaban J connectivity index is 1.69. The number of carbonyl (C=O) groups is 2. The van der Waals surface area contributed by atoms with E-state index in [1.165, 1.54) is 6.42 Å². The summed E-state index contributed by atoms with van der Waals surface area (Å²) < 4.78 is 5.76. The lowest BCUT2D eigenvalue weighted by Crippen LogP contribution is -2.42. The van der Waals surface area contributed by atoms with Crippen LogP contribution in [0.2, 0.25) is 0 Å². The molecule has 2 aliphatic carbocycles. The lowest BCUT2D eigenvalue weighted by molar-refractivity contribution is -0.159. The fourth-order valence-corrected chi connectivity index (χ4v) is 4.32. The maximum absolute atomic E-state index is 12.1. The molecule has 1 amide bonds. The van der Waals surface area contributed by atoms with Crippen LogP contribution in [0, 0.1) is 16.7 Å². The molecule has 106 valence electrons. The zero-order valence-electron chi connectivity index (χ0n) is 12.0. The van der Waals surface area contributed by atoms with Gasteiger partial charge < -0.3 is 10.1 Å². The van der Waals surface area contributed by atoms with Crippen molar-refractivity contribution in [2.75, 3.05) is 0 Å². The Morgan fingerprint density at radius 2 is 2.05 bits per heavy atom. The van der Waals surface area contributed by atoms with E-state index in [9.17, 15) is 9.59 Å². The molecule has 3 unspecified atom stereocenters. The quantitative estimate of drug-likeness (QED) is 0.777. The molecule has 0 spiro atoms. The van der Waals surface area contributed by atoms with Gasteiger partial charge in [0.15, 0.2) is 0 Å². The number of esters is 1. The zero-order chi connectivity index (χ0) is 13.8. The maximum Gasteiger partial charge on any atom is 0.328 e. The standard InChI is InChI=1S/C15H23NO3/c1-14(2)9-6-7-15(14,3)11(8-9)19-13(18)10-4-5-12(17)16-10/h9-11H,4-8H2,1-3H3,(H,16,17)/t9?,10-,11?,15?/m1/s1. The number of carbonyl (C=O) groups excluding carboxylic acids is 2. The first-order chi connectivity index (χ1) is 8.84. The van der Waals surface area contributed by atoms with Gasteiger partial charge in [-0.25, -0.2) is 4.79 Å². The van der Waals surface area contributed by atoms with Crippen molar-refractivity contribution in [3.8, 4) is 0 Å². The van der Waals surface area contributed by atoms with Crippen LogP contribution in [-0.4, -0.2) is 24.0 Å². The van der Waals surface area contributed by atoms with Crippen LogP contribution in [0.25, 0.3) is 0 Å². The minimum atomic E-state index is -0.418. The summed E-state index contributed by atoms with van der Waals surface area (Å²) in [5.74, 6) is 0.385. The molecule has 3 fully saturated rings. The molecule has 1 saturated heterocycles. The summed E-state index contributed by atoms with van der Waals surface area (Å²) in [7, 11) is 0. The second-order valence-electron chi connectivity index (χ2n) is 7.19. The number of ether oxygens (including phenoxy) is 1. The Hall–Kier alpha value is -1.06. The average molecular weight is 265 g/mol. The van der Waals surface area contributed by atoms with Gasteiger partial charge in [-0.1, -0.05) is 20.8 Å². The molecule has 4 nitrogen and oxygen atoms in total.